The number of oxime groups is 1. The number of carbonyl (C=O) groups is 3. The molecular weight excluding hydrogens is 521 g/mol. The number of thiazole rings is 1. The van der Waals surface area contributed by atoms with E-state index >= 15 is 0 Å². The van der Waals surface area contributed by atoms with Crippen molar-refractivity contribution in [1.82, 2.24) is 24.6 Å². The number of carbonyl (C=O) groups excluding carboxylic acids is 3. The largest absolute Gasteiger partial charge is 1.00 e. The fourth-order valence-corrected chi connectivity index (χ4v) is 6.77. The van der Waals surface area contributed by atoms with E-state index in [1.54, 1.807) is 6.92 Å². The molecule has 168 valence electrons. The molecule has 17 heteroatoms. The second kappa shape index (κ2) is 10.7. The van der Waals surface area contributed by atoms with Crippen LogP contribution in [-0.2, 0) is 14.4 Å². The summed E-state index contributed by atoms with van der Waals surface area (Å²) in [6, 6.07) is -0.991. The predicted molar refractivity (Wildman–Crippen MR) is 117 cm³/mol. The van der Waals surface area contributed by atoms with Crippen molar-refractivity contribution in [3.05, 3.63) is 28.2 Å². The van der Waals surface area contributed by atoms with Gasteiger partial charge in [-0.15, -0.1) is 23.1 Å². The smallest absolute Gasteiger partial charge is 0.543 e. The number of nitrogens with two attached hydrogens (primary N) is 1. The summed E-state index contributed by atoms with van der Waals surface area (Å²) >= 11 is 4.92. The van der Waals surface area contributed by atoms with Crippen molar-refractivity contribution in [2.75, 3.05) is 17.2 Å². The molecule has 4 N–H and O–H groups in total. The zero-order valence-corrected chi connectivity index (χ0v) is 22.4. The van der Waals surface area contributed by atoms with Crippen LogP contribution in [0.4, 0.5) is 5.13 Å². The standard InChI is InChI=1S/C16H15N7O5S4.Na/c1-5-18-16(32-22-5)31-3-6-2-29-13-9(12(25)23(13)10(6)14(26)27)20-11(24)8(21-28)7-4-30-15(17)19-7;/h4,9,13,28H,2-3H2,1H3,(H2,17,19)(H,20,24)(H,26,27);/q;+1/p-1/t9?,13-;/m1./s1. The molecule has 2 aromatic heterocycles. The Balaban J connectivity index is 0.00000306. The van der Waals surface area contributed by atoms with Crippen LogP contribution in [0.2, 0.25) is 0 Å². The number of fused-ring (bicyclic) bond motifs is 1. The number of nitrogens with one attached hydrogen (secondary N) is 1. The molecule has 0 saturated carbocycles. The molecule has 0 spiro atoms. The summed E-state index contributed by atoms with van der Waals surface area (Å²) in [4.78, 5) is 46.3. The van der Waals surface area contributed by atoms with E-state index < -0.39 is 34.9 Å². The normalized spacial score (nSPS) is 20.1. The number of nitrogen functional groups attached to an aromatic ring is 1. The fourth-order valence-electron chi connectivity index (χ4n) is 3.09. The Morgan fingerprint density at radius 2 is 2.21 bits per heavy atom. The minimum Gasteiger partial charge on any atom is -0.543 e. The first kappa shape index (κ1) is 25.9. The summed E-state index contributed by atoms with van der Waals surface area (Å²) in [5.74, 6) is -1.62. The van der Waals surface area contributed by atoms with E-state index in [-0.39, 0.29) is 46.1 Å². The first-order chi connectivity index (χ1) is 15.3. The summed E-state index contributed by atoms with van der Waals surface area (Å²) < 4.78 is 4.78. The third-order valence-electron chi connectivity index (χ3n) is 4.49. The van der Waals surface area contributed by atoms with E-state index in [2.05, 4.69) is 24.8 Å². The van der Waals surface area contributed by atoms with Gasteiger partial charge in [-0.3, -0.25) is 14.5 Å². The van der Waals surface area contributed by atoms with Gasteiger partial charge in [0.2, 0.25) is 0 Å². The number of β-lactam (4-membered cyclic amide) rings is 1. The predicted octanol–water partition coefficient (Wildman–Crippen LogP) is -3.74. The third kappa shape index (κ3) is 5.21. The van der Waals surface area contributed by atoms with Crippen LogP contribution >= 0.6 is 46.4 Å². The number of carboxylic acid groups (broad SMARTS) is 1. The quantitative estimate of drug-likeness (QED) is 0.0790. The van der Waals surface area contributed by atoms with E-state index in [0.29, 0.717) is 27.2 Å². The molecule has 1 unspecified atom stereocenters. The number of hydrogen-bond donors (Lipinski definition) is 3. The van der Waals surface area contributed by atoms with Gasteiger partial charge in [0, 0.05) is 16.9 Å². The fraction of sp³-hybridized carbons (Fsp3) is 0.312. The molecule has 2 amide bonds. The van der Waals surface area contributed by atoms with Gasteiger partial charge in [-0.1, -0.05) is 16.9 Å². The third-order valence-corrected chi connectivity index (χ3v) is 8.51. The number of nitrogens with zero attached hydrogens (tertiary/aromatic N) is 5. The first-order valence-electron chi connectivity index (χ1n) is 8.85. The number of anilines is 1. The number of amides is 2. The number of aromatic nitrogens is 3. The van der Waals surface area contributed by atoms with Gasteiger partial charge in [-0.25, -0.2) is 9.97 Å². The van der Waals surface area contributed by atoms with Crippen LogP contribution in [0.1, 0.15) is 11.5 Å². The van der Waals surface area contributed by atoms with Crippen LogP contribution in [0.5, 0.6) is 0 Å². The molecule has 1 saturated heterocycles. The van der Waals surface area contributed by atoms with E-state index in [1.807, 2.05) is 0 Å². The van der Waals surface area contributed by atoms with E-state index in [1.165, 1.54) is 40.4 Å². The molecule has 12 nitrogen and oxygen atoms in total. The molecule has 4 heterocycles. The Hall–Kier alpha value is -1.69. The summed E-state index contributed by atoms with van der Waals surface area (Å²) in [5.41, 5.74) is 5.54. The molecule has 1 fully saturated rings. The van der Waals surface area contributed by atoms with Crippen LogP contribution in [0, 0.1) is 6.92 Å². The topological polar surface area (TPSA) is 187 Å². The van der Waals surface area contributed by atoms with Crippen molar-refractivity contribution < 1.29 is 54.3 Å². The molecule has 33 heavy (non-hydrogen) atoms. The van der Waals surface area contributed by atoms with E-state index in [9.17, 15) is 24.7 Å². The number of aliphatic carboxylic acids is 1. The van der Waals surface area contributed by atoms with Crippen molar-refractivity contribution >= 4 is 75.0 Å². The van der Waals surface area contributed by atoms with Gasteiger partial charge < -0.3 is 26.2 Å². The van der Waals surface area contributed by atoms with Gasteiger partial charge >= 0.3 is 29.6 Å². The Kier molecular flexibility index (Phi) is 8.41. The molecule has 0 bridgehead atoms. The van der Waals surface area contributed by atoms with Crippen LogP contribution in [-0.4, -0.2) is 70.9 Å². The van der Waals surface area contributed by atoms with Crippen molar-refractivity contribution in [3.8, 4) is 0 Å². The Bertz CT molecular complexity index is 1170. The summed E-state index contributed by atoms with van der Waals surface area (Å²) in [5, 5.41) is 27.5. The van der Waals surface area contributed by atoms with Crippen molar-refractivity contribution in [2.24, 2.45) is 5.16 Å². The Morgan fingerprint density at radius 1 is 1.45 bits per heavy atom. The van der Waals surface area contributed by atoms with Gasteiger partial charge in [0.05, 0.1) is 11.7 Å². The Labute approximate surface area is 225 Å². The van der Waals surface area contributed by atoms with Crippen molar-refractivity contribution in [2.45, 2.75) is 22.7 Å². The van der Waals surface area contributed by atoms with Crippen molar-refractivity contribution in [1.29, 1.82) is 0 Å². The van der Waals surface area contributed by atoms with Gasteiger partial charge in [-0.2, -0.15) is 4.37 Å². The summed E-state index contributed by atoms with van der Waals surface area (Å²) in [6.45, 7) is 1.76. The van der Waals surface area contributed by atoms with Gasteiger partial charge in [0.1, 0.15) is 22.9 Å². The maximum Gasteiger partial charge on any atom is 1.00 e. The average molecular weight is 536 g/mol. The minimum atomic E-state index is -1.46. The molecule has 2 aliphatic heterocycles. The number of hydrogen-bond acceptors (Lipinski definition) is 14. The van der Waals surface area contributed by atoms with Crippen LogP contribution in [0.25, 0.3) is 0 Å². The molecule has 0 aliphatic carbocycles. The molecule has 2 aliphatic rings. The van der Waals surface area contributed by atoms with Crippen LogP contribution in [0.3, 0.4) is 0 Å². The average Bonchev–Trinajstić information content (AvgIpc) is 3.38. The maximum atomic E-state index is 12.7. The van der Waals surface area contributed by atoms with Gasteiger partial charge in [0.25, 0.3) is 11.8 Å². The minimum absolute atomic E-state index is 0. The second-order valence-corrected chi connectivity index (χ2v) is 10.5. The van der Waals surface area contributed by atoms with Crippen molar-refractivity contribution in [3.63, 3.8) is 0 Å². The van der Waals surface area contributed by atoms with Crippen LogP contribution < -0.4 is 45.7 Å². The Morgan fingerprint density at radius 3 is 2.79 bits per heavy atom. The molecular formula is C16H14N7NaO5S4. The number of thioether (sulfide) groups is 2. The zero-order valence-electron chi connectivity index (χ0n) is 17.2. The second-order valence-electron chi connectivity index (χ2n) is 6.52. The maximum absolute atomic E-state index is 12.7. The first-order valence-corrected chi connectivity index (χ1v) is 12.5. The molecule has 4 rings (SSSR count). The number of rotatable bonds is 7. The molecule has 0 aromatic carbocycles. The van der Waals surface area contributed by atoms with Gasteiger partial charge in [-0.05, 0) is 24.0 Å². The summed E-state index contributed by atoms with van der Waals surface area (Å²) in [6.07, 6.45) is 0. The summed E-state index contributed by atoms with van der Waals surface area (Å²) in [7, 11) is 0. The van der Waals surface area contributed by atoms with E-state index in [0.717, 1.165) is 16.2 Å². The van der Waals surface area contributed by atoms with Gasteiger partial charge in [0.15, 0.2) is 15.2 Å². The number of aryl methyl sites for hydroxylation is 1. The zero-order chi connectivity index (χ0) is 23.0. The van der Waals surface area contributed by atoms with E-state index in [4.69, 9.17) is 5.73 Å². The monoisotopic (exact) mass is 535 g/mol. The molecule has 2 aromatic rings. The molecule has 0 radical (unpaired) electrons. The number of carboxylic acids is 1. The van der Waals surface area contributed by atoms with Crippen LogP contribution in [0.15, 0.2) is 26.1 Å². The SMILES string of the molecule is Cc1nsc(SCC2=C(C(=O)[O-])N3C(=O)C(NC(=O)C(=NO)c4csc(N)n4)[C@H]3SC2)n1.[Na+]. The molecule has 2 atom stereocenters.